The molecule has 0 bridgehead atoms. The van der Waals surface area contributed by atoms with Crippen LogP contribution < -0.4 is 5.73 Å². The fourth-order valence-corrected chi connectivity index (χ4v) is 1.60. The Hall–Kier alpha value is -1.03. The lowest BCUT2D eigenvalue weighted by atomic mass is 10.1. The van der Waals surface area contributed by atoms with E-state index in [0.29, 0.717) is 5.82 Å². The summed E-state index contributed by atoms with van der Waals surface area (Å²) in [5.41, 5.74) is 6.62. The zero-order valence-corrected chi connectivity index (χ0v) is 9.95. The molecule has 0 fully saturated rings. The number of aromatic nitrogens is 2. The number of nitrogen functional groups attached to an aromatic ring is 1. The largest absolute Gasteiger partial charge is 0.382 e. The van der Waals surface area contributed by atoms with Gasteiger partial charge in [0.25, 0.3) is 0 Å². The van der Waals surface area contributed by atoms with E-state index >= 15 is 0 Å². The van der Waals surface area contributed by atoms with Crippen LogP contribution in [0.3, 0.4) is 0 Å². The fourth-order valence-electron chi connectivity index (χ4n) is 1.60. The Balaban J connectivity index is 2.21. The fraction of sp³-hybridized carbons (Fsp3) is 0.727. The summed E-state index contributed by atoms with van der Waals surface area (Å²) in [7, 11) is 2.12. The minimum absolute atomic E-state index is 0.570. The summed E-state index contributed by atoms with van der Waals surface area (Å²) in [5, 5.41) is 6.82. The quantitative estimate of drug-likeness (QED) is 0.753. The van der Waals surface area contributed by atoms with Crippen LogP contribution in [-0.4, -0.2) is 28.7 Å². The Morgan fingerprint density at radius 2 is 2.27 bits per heavy atom. The van der Waals surface area contributed by atoms with E-state index in [0.717, 1.165) is 24.7 Å². The number of anilines is 1. The zero-order valence-electron chi connectivity index (χ0n) is 9.95. The van der Waals surface area contributed by atoms with E-state index in [1.807, 2.05) is 6.07 Å². The van der Waals surface area contributed by atoms with Crippen LogP contribution in [0.1, 0.15) is 32.4 Å². The first-order chi connectivity index (χ1) is 7.08. The normalized spacial score (nSPS) is 11.5. The van der Waals surface area contributed by atoms with Gasteiger partial charge in [-0.2, -0.15) is 5.10 Å². The maximum atomic E-state index is 5.53. The first-order valence-corrected chi connectivity index (χ1v) is 5.56. The highest BCUT2D eigenvalue weighted by molar-refractivity contribution is 5.28. The highest BCUT2D eigenvalue weighted by Crippen LogP contribution is 2.07. The number of hydrogen-bond donors (Lipinski definition) is 2. The molecular weight excluding hydrogens is 188 g/mol. The first kappa shape index (κ1) is 12.0. The third kappa shape index (κ3) is 4.83. The van der Waals surface area contributed by atoms with Crippen molar-refractivity contribution in [2.45, 2.75) is 33.2 Å². The number of nitrogens with two attached hydrogens (primary N) is 1. The van der Waals surface area contributed by atoms with Crippen molar-refractivity contribution in [1.82, 2.24) is 15.1 Å². The van der Waals surface area contributed by atoms with Crippen molar-refractivity contribution < 1.29 is 0 Å². The lowest BCUT2D eigenvalue weighted by Crippen LogP contribution is -2.19. The van der Waals surface area contributed by atoms with Gasteiger partial charge in [0.1, 0.15) is 5.82 Å². The lowest BCUT2D eigenvalue weighted by Gasteiger charge is -2.15. The molecule has 0 aliphatic carbocycles. The molecule has 0 aromatic carbocycles. The van der Waals surface area contributed by atoms with Gasteiger partial charge in [0.15, 0.2) is 0 Å². The van der Waals surface area contributed by atoms with E-state index in [1.54, 1.807) is 0 Å². The molecule has 0 radical (unpaired) electrons. The summed E-state index contributed by atoms with van der Waals surface area (Å²) in [4.78, 5) is 2.29. The first-order valence-electron chi connectivity index (χ1n) is 5.56. The van der Waals surface area contributed by atoms with E-state index in [2.05, 4.69) is 36.0 Å². The molecule has 0 amide bonds. The Labute approximate surface area is 91.8 Å². The van der Waals surface area contributed by atoms with Crippen LogP contribution in [0.4, 0.5) is 5.82 Å². The van der Waals surface area contributed by atoms with Crippen molar-refractivity contribution in [3.8, 4) is 0 Å². The van der Waals surface area contributed by atoms with Crippen LogP contribution in [0, 0.1) is 5.92 Å². The van der Waals surface area contributed by atoms with Crippen LogP contribution in [0.5, 0.6) is 0 Å². The predicted molar refractivity (Wildman–Crippen MR) is 63.4 cm³/mol. The predicted octanol–water partition coefficient (Wildman–Crippen LogP) is 1.86. The van der Waals surface area contributed by atoms with E-state index in [4.69, 9.17) is 5.73 Å². The second-order valence-electron chi connectivity index (χ2n) is 4.59. The van der Waals surface area contributed by atoms with Crippen molar-refractivity contribution >= 4 is 5.82 Å². The summed E-state index contributed by atoms with van der Waals surface area (Å²) >= 11 is 0. The summed E-state index contributed by atoms with van der Waals surface area (Å²) in [5.74, 6) is 1.36. The van der Waals surface area contributed by atoms with Gasteiger partial charge in [0.05, 0.1) is 5.69 Å². The molecule has 1 aromatic rings. The van der Waals surface area contributed by atoms with Gasteiger partial charge in [0, 0.05) is 12.6 Å². The van der Waals surface area contributed by atoms with Gasteiger partial charge < -0.3 is 10.6 Å². The molecule has 0 unspecified atom stereocenters. The van der Waals surface area contributed by atoms with E-state index in [9.17, 15) is 0 Å². The lowest BCUT2D eigenvalue weighted by molar-refractivity contribution is 0.307. The zero-order chi connectivity index (χ0) is 11.3. The van der Waals surface area contributed by atoms with Crippen molar-refractivity contribution in [2.24, 2.45) is 5.92 Å². The van der Waals surface area contributed by atoms with Crippen LogP contribution in [-0.2, 0) is 6.54 Å². The maximum absolute atomic E-state index is 5.53. The average Bonchev–Trinajstić information content (AvgIpc) is 2.50. The van der Waals surface area contributed by atoms with Crippen molar-refractivity contribution in [3.05, 3.63) is 11.8 Å². The number of H-pyrrole nitrogens is 1. The second-order valence-corrected chi connectivity index (χ2v) is 4.59. The second kappa shape index (κ2) is 5.75. The molecular formula is C11H22N4. The molecule has 0 aliphatic heterocycles. The van der Waals surface area contributed by atoms with E-state index < -0.39 is 0 Å². The highest BCUT2D eigenvalue weighted by Gasteiger charge is 2.03. The van der Waals surface area contributed by atoms with Gasteiger partial charge in [-0.1, -0.05) is 13.8 Å². The van der Waals surface area contributed by atoms with Crippen molar-refractivity contribution in [1.29, 1.82) is 0 Å². The summed E-state index contributed by atoms with van der Waals surface area (Å²) < 4.78 is 0. The SMILES string of the molecule is CC(C)CCCN(C)Cc1cc(N)n[nH]1. The molecule has 1 rings (SSSR count). The van der Waals surface area contributed by atoms with Gasteiger partial charge >= 0.3 is 0 Å². The summed E-state index contributed by atoms with van der Waals surface area (Å²) in [6, 6.07) is 1.89. The van der Waals surface area contributed by atoms with Gasteiger partial charge in [-0.25, -0.2) is 0 Å². The highest BCUT2D eigenvalue weighted by atomic mass is 15.2. The molecule has 1 heterocycles. The summed E-state index contributed by atoms with van der Waals surface area (Å²) in [6.07, 6.45) is 2.53. The van der Waals surface area contributed by atoms with E-state index in [-0.39, 0.29) is 0 Å². The molecule has 0 saturated heterocycles. The Kier molecular flexibility index (Phi) is 4.62. The standard InChI is InChI=1S/C11H22N4/c1-9(2)5-4-6-15(3)8-10-7-11(12)14-13-10/h7,9H,4-6,8H2,1-3H3,(H3,12,13,14). The molecule has 15 heavy (non-hydrogen) atoms. The van der Waals surface area contributed by atoms with Crippen molar-refractivity contribution in [2.75, 3.05) is 19.3 Å². The smallest absolute Gasteiger partial charge is 0.145 e. The Morgan fingerprint density at radius 3 is 2.80 bits per heavy atom. The molecule has 3 N–H and O–H groups in total. The third-order valence-corrected chi connectivity index (χ3v) is 2.41. The topological polar surface area (TPSA) is 57.9 Å². The van der Waals surface area contributed by atoms with Crippen LogP contribution in [0.15, 0.2) is 6.07 Å². The molecule has 4 nitrogen and oxygen atoms in total. The number of nitrogens with zero attached hydrogens (tertiary/aromatic N) is 2. The van der Waals surface area contributed by atoms with Crippen LogP contribution in [0.25, 0.3) is 0 Å². The molecule has 0 saturated carbocycles. The minimum Gasteiger partial charge on any atom is -0.382 e. The molecule has 4 heteroatoms. The van der Waals surface area contributed by atoms with E-state index in [1.165, 1.54) is 12.8 Å². The minimum atomic E-state index is 0.570. The van der Waals surface area contributed by atoms with Crippen LogP contribution in [0.2, 0.25) is 0 Å². The Morgan fingerprint density at radius 1 is 1.53 bits per heavy atom. The number of nitrogens with one attached hydrogen (secondary N) is 1. The Bertz CT molecular complexity index is 280. The molecule has 0 aliphatic rings. The number of hydrogen-bond acceptors (Lipinski definition) is 3. The third-order valence-electron chi connectivity index (χ3n) is 2.41. The molecule has 86 valence electrons. The number of aromatic amines is 1. The van der Waals surface area contributed by atoms with Gasteiger partial charge in [-0.05, 0) is 32.4 Å². The van der Waals surface area contributed by atoms with Crippen molar-refractivity contribution in [3.63, 3.8) is 0 Å². The molecule has 1 aromatic heterocycles. The average molecular weight is 210 g/mol. The maximum Gasteiger partial charge on any atom is 0.145 e. The summed E-state index contributed by atoms with van der Waals surface area (Å²) in [6.45, 7) is 6.53. The molecule has 0 atom stereocenters. The monoisotopic (exact) mass is 210 g/mol. The van der Waals surface area contributed by atoms with Crippen LogP contribution >= 0.6 is 0 Å². The van der Waals surface area contributed by atoms with Gasteiger partial charge in [-0.15, -0.1) is 0 Å². The number of rotatable bonds is 6. The van der Waals surface area contributed by atoms with Gasteiger partial charge in [0.2, 0.25) is 0 Å². The molecule has 0 spiro atoms. The van der Waals surface area contributed by atoms with Gasteiger partial charge in [-0.3, -0.25) is 5.10 Å².